The van der Waals surface area contributed by atoms with Crippen molar-refractivity contribution in [3.05, 3.63) is 88.8 Å². The number of hydrogen-bond donors (Lipinski definition) is 2. The van der Waals surface area contributed by atoms with Gasteiger partial charge in [-0.05, 0) is 30.3 Å². The molecule has 0 radical (unpaired) electrons. The van der Waals surface area contributed by atoms with Gasteiger partial charge in [0.15, 0.2) is 0 Å². The lowest BCUT2D eigenvalue weighted by atomic mass is 9.92. The summed E-state index contributed by atoms with van der Waals surface area (Å²) in [6.07, 6.45) is -5.19. The Morgan fingerprint density at radius 1 is 1.11 bits per heavy atom. The van der Waals surface area contributed by atoms with Crippen molar-refractivity contribution in [1.29, 1.82) is 0 Å². The summed E-state index contributed by atoms with van der Waals surface area (Å²) in [6, 6.07) is 15.2. The van der Waals surface area contributed by atoms with Crippen LogP contribution in [0.25, 0.3) is 21.8 Å². The van der Waals surface area contributed by atoms with Gasteiger partial charge in [-0.25, -0.2) is 14.4 Å². The molecule has 5 rings (SSSR count). The Morgan fingerprint density at radius 2 is 1.82 bits per heavy atom. The maximum atomic E-state index is 14.4. The molecule has 2 aromatic heterocycles. The number of halogens is 4. The maximum Gasteiger partial charge on any atom is 0.424 e. The first kappa shape index (κ1) is 25.8. The molecule has 3 heterocycles. The second-order valence-electron chi connectivity index (χ2n) is 8.94. The van der Waals surface area contributed by atoms with Crippen molar-refractivity contribution in [2.45, 2.75) is 24.6 Å². The summed E-state index contributed by atoms with van der Waals surface area (Å²) in [5, 5.41) is 15.1. The Labute approximate surface area is 219 Å². The van der Waals surface area contributed by atoms with E-state index in [1.807, 2.05) is 6.07 Å². The molecule has 0 spiro atoms. The predicted octanol–water partition coefficient (Wildman–Crippen LogP) is 5.69. The average Bonchev–Trinajstić information content (AvgIpc) is 3.54. The number of rotatable bonds is 6. The van der Waals surface area contributed by atoms with Crippen LogP contribution >= 0.6 is 11.3 Å². The fourth-order valence-corrected chi connectivity index (χ4v) is 4.92. The Balaban J connectivity index is 1.48. The lowest BCUT2D eigenvalue weighted by Gasteiger charge is -2.31. The predicted molar refractivity (Wildman–Crippen MR) is 133 cm³/mol. The van der Waals surface area contributed by atoms with Crippen LogP contribution in [0.1, 0.15) is 34.6 Å². The Hall–Kier alpha value is -3.83. The lowest BCUT2D eigenvalue weighted by Crippen LogP contribution is -2.51. The number of pyridine rings is 1. The van der Waals surface area contributed by atoms with E-state index in [1.54, 1.807) is 31.2 Å². The zero-order valence-electron chi connectivity index (χ0n) is 19.9. The maximum absolute atomic E-state index is 14.4. The van der Waals surface area contributed by atoms with Crippen molar-refractivity contribution in [3.8, 4) is 27.6 Å². The number of thiazole rings is 1. The molecular formula is C27H21F4N3O3S. The highest BCUT2D eigenvalue weighted by atomic mass is 32.1. The third kappa shape index (κ3) is 4.74. The van der Waals surface area contributed by atoms with Crippen LogP contribution < -0.4 is 10.1 Å². The summed E-state index contributed by atoms with van der Waals surface area (Å²) in [5.74, 6) is -1.40. The van der Waals surface area contributed by atoms with Gasteiger partial charge in [0.1, 0.15) is 28.0 Å². The summed E-state index contributed by atoms with van der Waals surface area (Å²) in [6.45, 7) is 0.784. The molecule has 1 aliphatic rings. The molecule has 2 atom stereocenters. The second-order valence-corrected chi connectivity index (χ2v) is 9.80. The molecule has 4 aromatic rings. The minimum absolute atomic E-state index is 0.0443. The number of nitrogens with zero attached hydrogens (tertiary/aromatic N) is 2. The standard InChI is InChI=1S/C27H21F4N3O3S/c1-15-12-37-23-19(15)11-21(34-22(23)16-7-9-18(28)10-8-16)26(36,27(29,30)31)14-32-24(35)20-13-38-25(33-20)17-5-3-2-4-6-17/h2-11,13,15,36H,12,14H2,1H3,(H,32,35)/t15-,26+/m1/s1. The molecule has 1 aliphatic heterocycles. The van der Waals surface area contributed by atoms with Gasteiger partial charge < -0.3 is 15.2 Å². The van der Waals surface area contributed by atoms with Crippen molar-refractivity contribution in [2.75, 3.05) is 13.2 Å². The van der Waals surface area contributed by atoms with Crippen LogP contribution in [0.15, 0.2) is 66.0 Å². The second kappa shape index (κ2) is 9.80. The van der Waals surface area contributed by atoms with Gasteiger partial charge in [0.25, 0.3) is 5.91 Å². The topological polar surface area (TPSA) is 84.3 Å². The van der Waals surface area contributed by atoms with E-state index in [2.05, 4.69) is 15.3 Å². The van der Waals surface area contributed by atoms with E-state index in [4.69, 9.17) is 4.74 Å². The van der Waals surface area contributed by atoms with Crippen LogP contribution in [-0.2, 0) is 5.60 Å². The molecular weight excluding hydrogens is 522 g/mol. The van der Waals surface area contributed by atoms with Gasteiger partial charge in [-0.15, -0.1) is 11.3 Å². The largest absolute Gasteiger partial charge is 0.490 e. The van der Waals surface area contributed by atoms with Crippen molar-refractivity contribution in [3.63, 3.8) is 0 Å². The summed E-state index contributed by atoms with van der Waals surface area (Å²) in [5.41, 5.74) is -2.75. The smallest absolute Gasteiger partial charge is 0.424 e. The molecule has 11 heteroatoms. The number of alkyl halides is 3. The summed E-state index contributed by atoms with van der Waals surface area (Å²) in [4.78, 5) is 21.1. The minimum atomic E-state index is -5.19. The lowest BCUT2D eigenvalue weighted by molar-refractivity contribution is -0.265. The molecule has 0 bridgehead atoms. The summed E-state index contributed by atoms with van der Waals surface area (Å²) in [7, 11) is 0. The van der Waals surface area contributed by atoms with Crippen molar-refractivity contribution in [1.82, 2.24) is 15.3 Å². The molecule has 38 heavy (non-hydrogen) atoms. The number of fused-ring (bicyclic) bond motifs is 1. The normalized spacial score (nSPS) is 16.4. The van der Waals surface area contributed by atoms with Gasteiger partial charge in [0.2, 0.25) is 5.60 Å². The first-order valence-electron chi connectivity index (χ1n) is 11.6. The van der Waals surface area contributed by atoms with Gasteiger partial charge in [0, 0.05) is 28.0 Å². The Kier molecular flexibility index (Phi) is 6.66. The highest BCUT2D eigenvalue weighted by Gasteiger charge is 2.57. The molecule has 1 amide bonds. The molecule has 6 nitrogen and oxygen atoms in total. The van der Waals surface area contributed by atoms with Gasteiger partial charge >= 0.3 is 6.18 Å². The number of aliphatic hydroxyl groups is 1. The quantitative estimate of drug-likeness (QED) is 0.306. The van der Waals surface area contributed by atoms with Crippen molar-refractivity contribution < 1.29 is 32.2 Å². The van der Waals surface area contributed by atoms with Crippen LogP contribution in [0.3, 0.4) is 0 Å². The number of hydrogen-bond acceptors (Lipinski definition) is 6. The molecule has 2 aromatic carbocycles. The van der Waals surface area contributed by atoms with Crippen molar-refractivity contribution >= 4 is 17.2 Å². The molecule has 0 saturated heterocycles. The summed E-state index contributed by atoms with van der Waals surface area (Å²) >= 11 is 1.17. The minimum Gasteiger partial charge on any atom is -0.490 e. The van der Waals surface area contributed by atoms with Gasteiger partial charge in [-0.3, -0.25) is 4.79 Å². The van der Waals surface area contributed by atoms with Crippen LogP contribution in [0.4, 0.5) is 17.6 Å². The van der Waals surface area contributed by atoms with Crippen LogP contribution in [0, 0.1) is 5.82 Å². The van der Waals surface area contributed by atoms with E-state index in [0.717, 1.165) is 23.8 Å². The SMILES string of the molecule is C[C@@H]1COc2c1cc([C@@](O)(CNC(=O)c1csc(-c3ccccc3)n1)C(F)(F)F)nc2-c1ccc(F)cc1. The Morgan fingerprint density at radius 3 is 2.50 bits per heavy atom. The monoisotopic (exact) mass is 543 g/mol. The average molecular weight is 544 g/mol. The van der Waals surface area contributed by atoms with E-state index in [9.17, 15) is 27.5 Å². The highest BCUT2D eigenvalue weighted by molar-refractivity contribution is 7.13. The Bertz CT molecular complexity index is 1480. The summed E-state index contributed by atoms with van der Waals surface area (Å²) < 4.78 is 62.3. The fraction of sp³-hybridized carbons (Fsp3) is 0.222. The zero-order valence-corrected chi connectivity index (χ0v) is 20.7. The first-order chi connectivity index (χ1) is 18.1. The number of ether oxygens (including phenoxy) is 1. The highest BCUT2D eigenvalue weighted by Crippen LogP contribution is 2.45. The van der Waals surface area contributed by atoms with E-state index in [0.29, 0.717) is 16.1 Å². The van der Waals surface area contributed by atoms with Crippen LogP contribution in [-0.4, -0.2) is 40.3 Å². The molecule has 0 aliphatic carbocycles. The van der Waals surface area contributed by atoms with Crippen LogP contribution in [0.2, 0.25) is 0 Å². The van der Waals surface area contributed by atoms with Crippen molar-refractivity contribution in [2.24, 2.45) is 0 Å². The number of amides is 1. The number of nitrogens with one attached hydrogen (secondary N) is 1. The molecule has 2 N–H and O–H groups in total. The molecule has 0 saturated carbocycles. The van der Waals surface area contributed by atoms with Gasteiger partial charge in [-0.2, -0.15) is 13.2 Å². The van der Waals surface area contributed by atoms with Gasteiger partial charge in [-0.1, -0.05) is 37.3 Å². The van der Waals surface area contributed by atoms with Gasteiger partial charge in [0.05, 0.1) is 18.8 Å². The third-order valence-electron chi connectivity index (χ3n) is 6.28. The number of carbonyl (C=O) groups is 1. The molecule has 196 valence electrons. The molecule has 0 unspecified atom stereocenters. The number of benzene rings is 2. The van der Waals surface area contributed by atoms with E-state index in [-0.39, 0.29) is 29.7 Å². The van der Waals surface area contributed by atoms with E-state index >= 15 is 0 Å². The van der Waals surface area contributed by atoms with E-state index < -0.39 is 35.7 Å². The number of aromatic nitrogens is 2. The zero-order chi connectivity index (χ0) is 27.1. The first-order valence-corrected chi connectivity index (χ1v) is 12.5. The fourth-order valence-electron chi connectivity index (χ4n) is 4.11. The number of carbonyl (C=O) groups excluding carboxylic acids is 1. The van der Waals surface area contributed by atoms with E-state index in [1.165, 1.54) is 28.8 Å². The third-order valence-corrected chi connectivity index (χ3v) is 7.17. The van der Waals surface area contributed by atoms with Crippen LogP contribution in [0.5, 0.6) is 5.75 Å². The molecule has 0 fully saturated rings.